The Morgan fingerprint density at radius 3 is 2.86 bits per heavy atom. The number of unbranched alkanes of at least 4 members (excludes halogenated alkanes) is 2. The van der Waals surface area contributed by atoms with E-state index in [1.165, 1.54) is 16.1 Å². The van der Waals surface area contributed by atoms with Gasteiger partial charge in [-0.1, -0.05) is 6.42 Å². The highest BCUT2D eigenvalue weighted by Gasteiger charge is 2.20. The van der Waals surface area contributed by atoms with Crippen LogP contribution in [0.5, 0.6) is 0 Å². The Labute approximate surface area is 215 Å². The number of ether oxygens (including phenoxy) is 1. The van der Waals surface area contributed by atoms with Gasteiger partial charge in [0.25, 0.3) is 0 Å². The van der Waals surface area contributed by atoms with Crippen LogP contribution in [0, 0.1) is 6.92 Å². The molecular weight excluding hydrogens is 472 g/mol. The number of hydrogen-bond donors (Lipinski definition) is 1. The van der Waals surface area contributed by atoms with Gasteiger partial charge in [-0.25, -0.2) is 4.98 Å². The maximum absolute atomic E-state index is 11.9. The van der Waals surface area contributed by atoms with Crippen LogP contribution < -0.4 is 10.2 Å². The van der Waals surface area contributed by atoms with Crippen LogP contribution in [0.15, 0.2) is 29.6 Å². The predicted molar refractivity (Wildman–Crippen MR) is 145 cm³/mol. The number of thiophene rings is 1. The molecule has 1 aliphatic rings. The van der Waals surface area contributed by atoms with E-state index in [0.717, 1.165) is 73.6 Å². The van der Waals surface area contributed by atoms with Crippen LogP contribution in [-0.4, -0.2) is 44.2 Å². The number of anilines is 2. The molecule has 0 atom stereocenters. The van der Waals surface area contributed by atoms with E-state index >= 15 is 0 Å². The molecule has 0 unspecified atom stereocenters. The summed E-state index contributed by atoms with van der Waals surface area (Å²) in [5, 5.41) is 14.4. The van der Waals surface area contributed by atoms with E-state index in [9.17, 15) is 4.79 Å². The van der Waals surface area contributed by atoms with Crippen molar-refractivity contribution in [2.45, 2.75) is 71.9 Å². The fraction of sp³-hybridized carbons (Fsp3) is 0.481. The average molecular weight is 507 g/mol. The van der Waals surface area contributed by atoms with Gasteiger partial charge in [0, 0.05) is 36.6 Å². The maximum atomic E-state index is 11.9. The Balaban J connectivity index is 1.28. The second-order valence-corrected chi connectivity index (χ2v) is 11.4. The molecule has 0 fully saturated rings. The van der Waals surface area contributed by atoms with Crippen LogP contribution in [-0.2, 0) is 22.5 Å². The third kappa shape index (κ3) is 5.31. The average Bonchev–Trinajstić information content (AvgIpc) is 3.46. The standard InChI is InChI=1S/C27H34N6O2S/c1-18-30-31-26-25(28-13-7-5-6-8-24(34)35-27(2,3)4)29-21-16-20(9-10-22(21)33(18)26)32-14-11-23-19(17-32)12-15-36-23/h9-10,12,15-16H,5-8,11,13-14,17H2,1-4H3,(H,28,29). The number of carbonyl (C=O) groups is 1. The summed E-state index contributed by atoms with van der Waals surface area (Å²) in [5.41, 5.74) is 4.85. The number of nitrogens with zero attached hydrogens (tertiary/aromatic N) is 5. The van der Waals surface area contributed by atoms with Gasteiger partial charge in [-0.15, -0.1) is 21.5 Å². The quantitative estimate of drug-likeness (QED) is 0.249. The first-order chi connectivity index (χ1) is 17.3. The zero-order valence-corrected chi connectivity index (χ0v) is 22.3. The van der Waals surface area contributed by atoms with E-state index in [4.69, 9.17) is 9.72 Å². The molecule has 0 aliphatic carbocycles. The lowest BCUT2D eigenvalue weighted by atomic mass is 10.1. The third-order valence-corrected chi connectivity index (χ3v) is 7.43. The van der Waals surface area contributed by atoms with Crippen molar-refractivity contribution in [3.63, 3.8) is 0 Å². The van der Waals surface area contributed by atoms with E-state index in [2.05, 4.69) is 54.5 Å². The molecule has 0 radical (unpaired) electrons. The van der Waals surface area contributed by atoms with Crippen LogP contribution in [0.25, 0.3) is 16.7 Å². The summed E-state index contributed by atoms with van der Waals surface area (Å²) in [6.07, 6.45) is 4.21. The van der Waals surface area contributed by atoms with Gasteiger partial charge >= 0.3 is 5.97 Å². The summed E-state index contributed by atoms with van der Waals surface area (Å²) in [5.74, 6) is 1.45. The Morgan fingerprint density at radius 1 is 1.17 bits per heavy atom. The maximum Gasteiger partial charge on any atom is 0.306 e. The second-order valence-electron chi connectivity index (χ2n) is 10.4. The Hall–Kier alpha value is -3.20. The van der Waals surface area contributed by atoms with Crippen molar-refractivity contribution in [3.05, 3.63) is 45.9 Å². The van der Waals surface area contributed by atoms with E-state index in [-0.39, 0.29) is 5.97 Å². The highest BCUT2D eigenvalue weighted by atomic mass is 32.1. The zero-order valence-electron chi connectivity index (χ0n) is 21.5. The monoisotopic (exact) mass is 506 g/mol. The van der Waals surface area contributed by atoms with Crippen LogP contribution >= 0.6 is 11.3 Å². The van der Waals surface area contributed by atoms with Crippen molar-refractivity contribution < 1.29 is 9.53 Å². The molecular formula is C27H34N6O2S. The summed E-state index contributed by atoms with van der Waals surface area (Å²) in [4.78, 5) is 20.8. The SMILES string of the molecule is Cc1nnc2c(NCCCCCC(=O)OC(C)(C)C)nc3cc(N4CCc5sccc5C4)ccc3n12. The summed E-state index contributed by atoms with van der Waals surface area (Å²) in [6, 6.07) is 8.73. The molecule has 8 nitrogen and oxygen atoms in total. The molecule has 1 N–H and O–H groups in total. The summed E-state index contributed by atoms with van der Waals surface area (Å²) >= 11 is 1.86. The Morgan fingerprint density at radius 2 is 2.03 bits per heavy atom. The number of benzene rings is 1. The number of aromatic nitrogens is 4. The van der Waals surface area contributed by atoms with Gasteiger partial charge in [-0.3, -0.25) is 9.20 Å². The lowest BCUT2D eigenvalue weighted by molar-refractivity contribution is -0.154. The first kappa shape index (κ1) is 24.5. The largest absolute Gasteiger partial charge is 0.460 e. The van der Waals surface area contributed by atoms with Crippen molar-refractivity contribution in [2.75, 3.05) is 23.3 Å². The van der Waals surface area contributed by atoms with Gasteiger partial charge in [0.1, 0.15) is 11.4 Å². The minimum Gasteiger partial charge on any atom is -0.460 e. The van der Waals surface area contributed by atoms with E-state index in [1.807, 2.05) is 39.0 Å². The van der Waals surface area contributed by atoms with Crippen molar-refractivity contribution in [3.8, 4) is 0 Å². The first-order valence-electron chi connectivity index (χ1n) is 12.7. The minimum absolute atomic E-state index is 0.132. The van der Waals surface area contributed by atoms with Crippen molar-refractivity contribution in [1.29, 1.82) is 0 Å². The van der Waals surface area contributed by atoms with Gasteiger partial charge in [0.05, 0.1) is 11.0 Å². The molecule has 9 heteroatoms. The van der Waals surface area contributed by atoms with Gasteiger partial charge in [-0.2, -0.15) is 0 Å². The molecule has 0 bridgehead atoms. The van der Waals surface area contributed by atoms with Gasteiger partial charge in [0.15, 0.2) is 5.82 Å². The summed E-state index contributed by atoms with van der Waals surface area (Å²) in [7, 11) is 0. The Kier molecular flexibility index (Phi) is 6.83. The molecule has 1 aromatic carbocycles. The number of hydrogen-bond acceptors (Lipinski definition) is 8. The summed E-state index contributed by atoms with van der Waals surface area (Å²) < 4.78 is 7.46. The molecule has 0 spiro atoms. The lowest BCUT2D eigenvalue weighted by Gasteiger charge is -2.29. The molecule has 36 heavy (non-hydrogen) atoms. The topological polar surface area (TPSA) is 84.6 Å². The highest BCUT2D eigenvalue weighted by Crippen LogP contribution is 2.30. The molecule has 4 aromatic rings. The molecule has 0 saturated carbocycles. The number of rotatable bonds is 8. The van der Waals surface area contributed by atoms with Gasteiger partial charge in [0.2, 0.25) is 5.65 Å². The molecule has 3 aromatic heterocycles. The van der Waals surface area contributed by atoms with E-state index < -0.39 is 5.60 Å². The molecule has 0 amide bonds. The first-order valence-corrected chi connectivity index (χ1v) is 13.6. The fourth-order valence-electron chi connectivity index (χ4n) is 4.72. The molecule has 5 rings (SSSR count). The van der Waals surface area contributed by atoms with Crippen molar-refractivity contribution in [2.24, 2.45) is 0 Å². The van der Waals surface area contributed by atoms with Crippen LogP contribution in [0.3, 0.4) is 0 Å². The normalized spacial score (nSPS) is 13.8. The molecule has 4 heterocycles. The summed E-state index contributed by atoms with van der Waals surface area (Å²) in [6.45, 7) is 10.4. The van der Waals surface area contributed by atoms with Gasteiger partial charge in [-0.05, 0) is 82.2 Å². The Bertz CT molecular complexity index is 1390. The van der Waals surface area contributed by atoms with Crippen molar-refractivity contribution >= 4 is 45.5 Å². The minimum atomic E-state index is -0.428. The van der Waals surface area contributed by atoms with Crippen LogP contribution in [0.2, 0.25) is 0 Å². The number of esters is 1. The number of carbonyl (C=O) groups excluding carboxylic acids is 1. The number of nitrogens with one attached hydrogen (secondary N) is 1. The van der Waals surface area contributed by atoms with E-state index in [0.29, 0.717) is 6.42 Å². The molecule has 190 valence electrons. The van der Waals surface area contributed by atoms with Crippen molar-refractivity contribution in [1.82, 2.24) is 19.6 Å². The number of fused-ring (bicyclic) bond motifs is 4. The van der Waals surface area contributed by atoms with Crippen LogP contribution in [0.1, 0.15) is 62.7 Å². The second kappa shape index (κ2) is 10.0. The lowest BCUT2D eigenvalue weighted by Crippen LogP contribution is -2.29. The molecule has 0 saturated heterocycles. The van der Waals surface area contributed by atoms with Crippen LogP contribution in [0.4, 0.5) is 11.5 Å². The zero-order chi connectivity index (χ0) is 25.3. The highest BCUT2D eigenvalue weighted by molar-refractivity contribution is 7.10. The van der Waals surface area contributed by atoms with E-state index in [1.54, 1.807) is 0 Å². The number of aryl methyl sites for hydroxylation is 1. The third-order valence-electron chi connectivity index (χ3n) is 6.41. The predicted octanol–water partition coefficient (Wildman–Crippen LogP) is 5.52. The van der Waals surface area contributed by atoms with Gasteiger partial charge < -0.3 is 15.0 Å². The molecule has 1 aliphatic heterocycles. The smallest absolute Gasteiger partial charge is 0.306 e. The fourth-order valence-corrected chi connectivity index (χ4v) is 5.61.